The predicted octanol–water partition coefficient (Wildman–Crippen LogP) is 3.28. The van der Waals surface area contributed by atoms with E-state index in [1.54, 1.807) is 42.9 Å². The Labute approximate surface area is 145 Å². The van der Waals surface area contributed by atoms with Crippen LogP contribution in [0.2, 0.25) is 5.02 Å². The maximum atomic E-state index is 12.4. The first-order valence-corrected chi connectivity index (χ1v) is 9.02. The summed E-state index contributed by atoms with van der Waals surface area (Å²) in [4.78, 5) is 8.34. The number of sulfonamides is 1. The first-order chi connectivity index (χ1) is 11.6. The maximum absolute atomic E-state index is 12.4. The van der Waals surface area contributed by atoms with Gasteiger partial charge in [0, 0.05) is 30.7 Å². The van der Waals surface area contributed by atoms with Gasteiger partial charge >= 0.3 is 0 Å². The van der Waals surface area contributed by atoms with E-state index in [2.05, 4.69) is 14.7 Å². The highest BCUT2D eigenvalue weighted by Crippen LogP contribution is 2.21. The quantitative estimate of drug-likeness (QED) is 0.758. The van der Waals surface area contributed by atoms with Crippen LogP contribution in [0.1, 0.15) is 5.56 Å². The van der Waals surface area contributed by atoms with Crippen molar-refractivity contribution in [3.8, 4) is 11.3 Å². The smallest absolute Gasteiger partial charge is 0.242 e. The third-order valence-electron chi connectivity index (χ3n) is 3.39. The highest BCUT2D eigenvalue weighted by Gasteiger charge is 2.17. The summed E-state index contributed by atoms with van der Waals surface area (Å²) < 4.78 is 27.3. The second-order valence-electron chi connectivity index (χ2n) is 5.04. The topological polar surface area (TPSA) is 72.0 Å². The molecule has 0 aliphatic heterocycles. The van der Waals surface area contributed by atoms with Gasteiger partial charge in [0.25, 0.3) is 0 Å². The molecule has 0 saturated carbocycles. The molecule has 0 radical (unpaired) electrons. The molecular formula is C17H14ClN3O2S. The van der Waals surface area contributed by atoms with Crippen LogP contribution in [0.4, 0.5) is 0 Å². The zero-order valence-electron chi connectivity index (χ0n) is 12.6. The van der Waals surface area contributed by atoms with E-state index in [9.17, 15) is 8.42 Å². The van der Waals surface area contributed by atoms with Gasteiger partial charge in [-0.15, -0.1) is 0 Å². The first kappa shape index (κ1) is 16.6. The van der Waals surface area contributed by atoms with Gasteiger partial charge in [-0.3, -0.25) is 9.97 Å². The molecule has 2 heterocycles. The average Bonchev–Trinajstić information content (AvgIpc) is 2.61. The summed E-state index contributed by atoms with van der Waals surface area (Å²) in [6.07, 6.45) is 5.02. The van der Waals surface area contributed by atoms with E-state index in [1.807, 2.05) is 18.2 Å². The number of benzene rings is 1. The van der Waals surface area contributed by atoms with Gasteiger partial charge in [0.05, 0.1) is 10.7 Å². The average molecular weight is 360 g/mol. The van der Waals surface area contributed by atoms with Crippen molar-refractivity contribution >= 4 is 21.6 Å². The van der Waals surface area contributed by atoms with Gasteiger partial charge < -0.3 is 0 Å². The molecule has 0 aliphatic rings. The number of halogens is 1. The molecule has 2 aromatic heterocycles. The lowest BCUT2D eigenvalue weighted by Crippen LogP contribution is -2.23. The van der Waals surface area contributed by atoms with Crippen LogP contribution < -0.4 is 4.72 Å². The van der Waals surface area contributed by atoms with Gasteiger partial charge in [-0.2, -0.15) is 0 Å². The van der Waals surface area contributed by atoms with Crippen molar-refractivity contribution in [3.63, 3.8) is 0 Å². The molecule has 3 rings (SSSR count). The molecule has 0 aliphatic carbocycles. The summed E-state index contributed by atoms with van der Waals surface area (Å²) in [5, 5.41) is 0.192. The lowest BCUT2D eigenvalue weighted by Gasteiger charge is -2.09. The highest BCUT2D eigenvalue weighted by atomic mass is 35.5. The van der Waals surface area contributed by atoms with Crippen LogP contribution in [0.5, 0.6) is 0 Å². The van der Waals surface area contributed by atoms with E-state index in [0.717, 1.165) is 16.8 Å². The van der Waals surface area contributed by atoms with Crippen molar-refractivity contribution in [2.75, 3.05) is 0 Å². The molecule has 3 aromatic rings. The summed E-state index contributed by atoms with van der Waals surface area (Å²) in [6.45, 7) is 0.147. The molecule has 0 bridgehead atoms. The highest BCUT2D eigenvalue weighted by molar-refractivity contribution is 7.89. The number of pyridine rings is 2. The number of aromatic nitrogens is 2. The molecule has 0 atom stereocenters. The molecule has 1 aromatic carbocycles. The Hall–Kier alpha value is -2.28. The van der Waals surface area contributed by atoms with Crippen LogP contribution in [0.3, 0.4) is 0 Å². The van der Waals surface area contributed by atoms with Gasteiger partial charge in [-0.05, 0) is 42.0 Å². The SMILES string of the molecule is O=S(=O)(NCc1ccnc(-c2ccncc2)c1)c1ccccc1Cl. The van der Waals surface area contributed by atoms with Gasteiger partial charge in [-0.25, -0.2) is 13.1 Å². The Bertz CT molecular complexity index is 947. The molecule has 0 saturated heterocycles. The van der Waals surface area contributed by atoms with Crippen LogP contribution in [0.15, 0.2) is 72.0 Å². The fourth-order valence-corrected chi connectivity index (χ4v) is 3.72. The Morgan fingerprint density at radius 2 is 1.75 bits per heavy atom. The van der Waals surface area contributed by atoms with Crippen molar-refractivity contribution < 1.29 is 8.42 Å². The van der Waals surface area contributed by atoms with Gasteiger partial charge in [0.15, 0.2) is 0 Å². The summed E-state index contributed by atoms with van der Waals surface area (Å²) in [6, 6.07) is 13.6. The summed E-state index contributed by atoms with van der Waals surface area (Å²) in [5.41, 5.74) is 2.47. The lowest BCUT2D eigenvalue weighted by molar-refractivity contribution is 0.581. The van der Waals surface area contributed by atoms with Crippen molar-refractivity contribution in [2.45, 2.75) is 11.4 Å². The standard InChI is InChI=1S/C17H14ClN3O2S/c18-15-3-1-2-4-17(15)24(22,23)21-12-13-5-10-20-16(11-13)14-6-8-19-9-7-14/h1-11,21H,12H2. The van der Waals surface area contributed by atoms with Crippen LogP contribution in [-0.2, 0) is 16.6 Å². The third kappa shape index (κ3) is 3.79. The first-order valence-electron chi connectivity index (χ1n) is 7.16. The summed E-state index contributed by atoms with van der Waals surface area (Å²) in [5.74, 6) is 0. The van der Waals surface area contributed by atoms with Crippen molar-refractivity contribution in [1.29, 1.82) is 0 Å². The van der Waals surface area contributed by atoms with Gasteiger partial charge in [-0.1, -0.05) is 23.7 Å². The largest absolute Gasteiger partial charge is 0.265 e. The number of hydrogen-bond acceptors (Lipinski definition) is 4. The predicted molar refractivity (Wildman–Crippen MR) is 92.9 cm³/mol. The van der Waals surface area contributed by atoms with Crippen LogP contribution in [0, 0.1) is 0 Å². The minimum atomic E-state index is -3.68. The summed E-state index contributed by atoms with van der Waals surface area (Å²) in [7, 11) is -3.68. The molecular weight excluding hydrogens is 346 g/mol. The molecule has 1 N–H and O–H groups in total. The maximum Gasteiger partial charge on any atom is 0.242 e. The molecule has 0 spiro atoms. The minimum absolute atomic E-state index is 0.0649. The van der Waals surface area contributed by atoms with Gasteiger partial charge in [0.1, 0.15) is 4.90 Å². The second kappa shape index (κ2) is 7.09. The zero-order chi connectivity index (χ0) is 17.0. The van der Waals surface area contributed by atoms with E-state index < -0.39 is 10.0 Å². The monoisotopic (exact) mass is 359 g/mol. The molecule has 122 valence electrons. The number of nitrogens with one attached hydrogen (secondary N) is 1. The minimum Gasteiger partial charge on any atom is -0.265 e. The molecule has 24 heavy (non-hydrogen) atoms. The van der Waals surface area contributed by atoms with E-state index in [-0.39, 0.29) is 16.5 Å². The molecule has 0 unspecified atom stereocenters. The van der Waals surface area contributed by atoms with Crippen LogP contribution in [-0.4, -0.2) is 18.4 Å². The Morgan fingerprint density at radius 3 is 2.50 bits per heavy atom. The van der Waals surface area contributed by atoms with Crippen LogP contribution >= 0.6 is 11.6 Å². The van der Waals surface area contributed by atoms with E-state index in [4.69, 9.17) is 11.6 Å². The molecule has 7 heteroatoms. The number of hydrogen-bond donors (Lipinski definition) is 1. The Balaban J connectivity index is 1.79. The Morgan fingerprint density at radius 1 is 1.00 bits per heavy atom. The molecule has 0 fully saturated rings. The normalized spacial score (nSPS) is 11.4. The van der Waals surface area contributed by atoms with Gasteiger partial charge in [0.2, 0.25) is 10.0 Å². The Kier molecular flexibility index (Phi) is 4.89. The van der Waals surface area contributed by atoms with Crippen molar-refractivity contribution in [3.05, 3.63) is 77.7 Å². The fraction of sp³-hybridized carbons (Fsp3) is 0.0588. The molecule has 5 nitrogen and oxygen atoms in total. The number of rotatable bonds is 5. The number of nitrogens with zero attached hydrogens (tertiary/aromatic N) is 2. The lowest BCUT2D eigenvalue weighted by atomic mass is 10.1. The second-order valence-corrected chi connectivity index (χ2v) is 7.18. The van der Waals surface area contributed by atoms with E-state index in [0.29, 0.717) is 0 Å². The third-order valence-corrected chi connectivity index (χ3v) is 5.29. The molecule has 0 amide bonds. The van der Waals surface area contributed by atoms with E-state index >= 15 is 0 Å². The van der Waals surface area contributed by atoms with E-state index in [1.165, 1.54) is 6.07 Å². The van der Waals surface area contributed by atoms with Crippen molar-refractivity contribution in [1.82, 2.24) is 14.7 Å². The van der Waals surface area contributed by atoms with Crippen LogP contribution in [0.25, 0.3) is 11.3 Å². The fourth-order valence-electron chi connectivity index (χ4n) is 2.18. The zero-order valence-corrected chi connectivity index (χ0v) is 14.1. The summed E-state index contributed by atoms with van der Waals surface area (Å²) >= 11 is 5.96. The van der Waals surface area contributed by atoms with Crippen molar-refractivity contribution in [2.24, 2.45) is 0 Å².